The second-order valence-corrected chi connectivity index (χ2v) is 17.0. The minimum absolute atomic E-state index is 0.166. The van der Waals surface area contributed by atoms with Crippen LogP contribution in [0.25, 0.3) is 0 Å². The number of likely N-dealkylation sites (tertiary alicyclic amines) is 3. The third-order valence-corrected chi connectivity index (χ3v) is 13.2. The molecule has 7 rings (SSSR count). The lowest BCUT2D eigenvalue weighted by molar-refractivity contribution is -0.218. The number of halogens is 4. The lowest BCUT2D eigenvalue weighted by atomic mass is 9.78. The number of ether oxygens (including phenoxy) is 4. The summed E-state index contributed by atoms with van der Waals surface area (Å²) >= 11 is 6.09. The third kappa shape index (κ3) is 9.93. The number of nitrogens with one attached hydrogen (secondary N) is 1. The molecule has 328 valence electrons. The molecule has 6 unspecified atom stereocenters. The van der Waals surface area contributed by atoms with Crippen LogP contribution in [0.5, 0.6) is 17.2 Å². The molecule has 6 atom stereocenters. The monoisotopic (exact) mass is 862 g/mol. The largest absolute Gasteiger partial charge is 0.496 e. The van der Waals surface area contributed by atoms with Crippen LogP contribution in [0.1, 0.15) is 73.0 Å². The average Bonchev–Trinajstić information content (AvgIpc) is 3.32. The van der Waals surface area contributed by atoms with E-state index >= 15 is 13.2 Å². The number of para-hydroxylation sites is 3. The molecule has 0 aromatic heterocycles. The van der Waals surface area contributed by atoms with Gasteiger partial charge in [0, 0.05) is 67.7 Å². The zero-order valence-corrected chi connectivity index (χ0v) is 36.0. The van der Waals surface area contributed by atoms with Crippen LogP contribution in [-0.4, -0.2) is 107 Å². The smallest absolute Gasteiger partial charge is 0.411 e. The van der Waals surface area contributed by atoms with Crippen LogP contribution in [-0.2, 0) is 4.74 Å². The summed E-state index contributed by atoms with van der Waals surface area (Å²) < 4.78 is 78.8. The molecule has 3 aliphatic rings. The number of rotatable bonds is 15. The van der Waals surface area contributed by atoms with Crippen molar-refractivity contribution >= 4 is 23.4 Å². The standard InChI is InChI=1S/C48H58ClF3N4O5/c1-58-41-19-7-4-16-38(41)33-13-10-26-54(29-33)44(50)48(32-61-47(57)53-37-24-22-36(49)23-25-37,45(51)55-27-11-14-34(30-55)39-17-5-8-20-42(39)59-2)46(52)56-28-12-15-35(31-56)40-18-6-9-21-43(40)60-3/h4-9,16-25,33-35,44-46H,10-15,26-32H2,1-3H3,(H,53,57). The van der Waals surface area contributed by atoms with Gasteiger partial charge in [0.2, 0.25) is 0 Å². The Balaban J connectivity index is 1.29. The second kappa shape index (κ2) is 20.6. The molecule has 4 aromatic carbocycles. The molecule has 61 heavy (non-hydrogen) atoms. The van der Waals surface area contributed by atoms with Crippen molar-refractivity contribution in [2.45, 2.75) is 75.2 Å². The molecular formula is C48H58ClF3N4O5. The number of carbonyl (C=O) groups is 1. The first kappa shape index (κ1) is 44.6. The van der Waals surface area contributed by atoms with E-state index in [2.05, 4.69) is 5.32 Å². The van der Waals surface area contributed by atoms with Gasteiger partial charge in [-0.15, -0.1) is 0 Å². The number of methoxy groups -OCH3 is 3. The maximum atomic E-state index is 18.6. The lowest BCUT2D eigenvalue weighted by Crippen LogP contribution is -2.67. The average molecular weight is 863 g/mol. The maximum absolute atomic E-state index is 18.6. The number of hydrogen-bond acceptors (Lipinski definition) is 8. The summed E-state index contributed by atoms with van der Waals surface area (Å²) in [6.07, 6.45) is -3.60. The van der Waals surface area contributed by atoms with Gasteiger partial charge in [-0.1, -0.05) is 66.2 Å². The Labute approximate surface area is 363 Å². The summed E-state index contributed by atoms with van der Waals surface area (Å²) in [5.74, 6) is 1.53. The quantitative estimate of drug-likeness (QED) is 0.119. The number of benzene rings is 4. The van der Waals surface area contributed by atoms with Gasteiger partial charge in [0.15, 0.2) is 18.9 Å². The molecule has 3 fully saturated rings. The summed E-state index contributed by atoms with van der Waals surface area (Å²) in [6, 6.07) is 29.3. The van der Waals surface area contributed by atoms with Gasteiger partial charge < -0.3 is 18.9 Å². The molecule has 1 N–H and O–H groups in total. The molecule has 0 spiro atoms. The van der Waals surface area contributed by atoms with Gasteiger partial charge in [-0.2, -0.15) is 0 Å². The first-order valence-corrected chi connectivity index (χ1v) is 21.8. The van der Waals surface area contributed by atoms with Gasteiger partial charge in [0.25, 0.3) is 0 Å². The highest BCUT2D eigenvalue weighted by atomic mass is 35.5. The normalized spacial score (nSPS) is 22.9. The predicted molar refractivity (Wildman–Crippen MR) is 233 cm³/mol. The van der Waals surface area contributed by atoms with Crippen molar-refractivity contribution in [3.8, 4) is 17.2 Å². The van der Waals surface area contributed by atoms with Crippen LogP contribution >= 0.6 is 11.6 Å². The Hall–Kier alpha value is -4.49. The number of nitrogens with zero attached hydrogens (tertiary/aromatic N) is 3. The molecule has 0 aliphatic carbocycles. The Morgan fingerprint density at radius 3 is 1.34 bits per heavy atom. The van der Waals surface area contributed by atoms with Crippen molar-refractivity contribution in [3.05, 3.63) is 119 Å². The topological polar surface area (TPSA) is 75.7 Å². The number of piperidine rings is 3. The highest BCUT2D eigenvalue weighted by Gasteiger charge is 2.61. The Morgan fingerprint density at radius 2 is 0.984 bits per heavy atom. The summed E-state index contributed by atoms with van der Waals surface area (Å²) in [4.78, 5) is 18.3. The zero-order chi connectivity index (χ0) is 42.9. The van der Waals surface area contributed by atoms with Crippen molar-refractivity contribution in [2.75, 3.05) is 72.5 Å². The first-order valence-electron chi connectivity index (χ1n) is 21.4. The van der Waals surface area contributed by atoms with Crippen molar-refractivity contribution in [3.63, 3.8) is 0 Å². The molecule has 3 heterocycles. The molecule has 13 heteroatoms. The Kier molecular flexibility index (Phi) is 15.0. The summed E-state index contributed by atoms with van der Waals surface area (Å²) in [5, 5.41) is 3.12. The van der Waals surface area contributed by atoms with Crippen LogP contribution in [0, 0.1) is 5.41 Å². The van der Waals surface area contributed by atoms with Gasteiger partial charge in [0.1, 0.15) is 29.3 Å². The van der Waals surface area contributed by atoms with Gasteiger partial charge in [-0.05, 0) is 97.7 Å². The van der Waals surface area contributed by atoms with Crippen LogP contribution < -0.4 is 19.5 Å². The molecular weight excluding hydrogens is 805 g/mol. The van der Waals surface area contributed by atoms with Gasteiger partial charge in [-0.3, -0.25) is 20.0 Å². The van der Waals surface area contributed by atoms with Crippen molar-refractivity contribution < 1.29 is 36.9 Å². The van der Waals surface area contributed by atoms with E-state index in [0.717, 1.165) is 36.0 Å². The van der Waals surface area contributed by atoms with E-state index in [4.69, 9.17) is 30.5 Å². The highest BCUT2D eigenvalue weighted by molar-refractivity contribution is 6.30. The van der Waals surface area contributed by atoms with Gasteiger partial charge in [0.05, 0.1) is 21.3 Å². The van der Waals surface area contributed by atoms with E-state index in [0.29, 0.717) is 47.2 Å². The molecule has 3 aliphatic heterocycles. The van der Waals surface area contributed by atoms with E-state index in [9.17, 15) is 4.79 Å². The maximum Gasteiger partial charge on any atom is 0.411 e. The Bertz CT molecular complexity index is 1870. The van der Waals surface area contributed by atoms with Crippen LogP contribution in [0.3, 0.4) is 0 Å². The number of anilines is 1. The fourth-order valence-electron chi connectivity index (χ4n) is 9.85. The lowest BCUT2D eigenvalue weighted by Gasteiger charge is -2.52. The van der Waals surface area contributed by atoms with E-state index in [1.165, 1.54) is 0 Å². The zero-order valence-electron chi connectivity index (χ0n) is 35.3. The summed E-state index contributed by atoms with van der Waals surface area (Å²) in [6.45, 7) is 0.474. The predicted octanol–water partition coefficient (Wildman–Crippen LogP) is 10.4. The fraction of sp³-hybridized carbons (Fsp3) is 0.479. The minimum Gasteiger partial charge on any atom is -0.496 e. The first-order chi connectivity index (χ1) is 29.7. The summed E-state index contributed by atoms with van der Waals surface area (Å²) in [7, 11) is 4.80. The van der Waals surface area contributed by atoms with Gasteiger partial charge in [-0.25, -0.2) is 18.0 Å². The molecule has 0 radical (unpaired) electrons. The number of carbonyl (C=O) groups excluding carboxylic acids is 1. The van der Waals surface area contributed by atoms with E-state index in [1.807, 2.05) is 72.8 Å². The van der Waals surface area contributed by atoms with Crippen molar-refractivity contribution in [1.82, 2.24) is 14.7 Å². The van der Waals surface area contributed by atoms with Crippen molar-refractivity contribution in [2.24, 2.45) is 5.41 Å². The number of hydrogen-bond donors (Lipinski definition) is 1. The second-order valence-electron chi connectivity index (χ2n) is 16.6. The van der Waals surface area contributed by atoms with Gasteiger partial charge >= 0.3 is 6.09 Å². The molecule has 4 aromatic rings. The molecule has 9 nitrogen and oxygen atoms in total. The molecule has 0 bridgehead atoms. The highest BCUT2D eigenvalue weighted by Crippen LogP contribution is 2.48. The summed E-state index contributed by atoms with van der Waals surface area (Å²) in [5.41, 5.74) is 0.571. The molecule has 3 saturated heterocycles. The number of alkyl halides is 3. The number of amides is 1. The third-order valence-electron chi connectivity index (χ3n) is 12.9. The van der Waals surface area contributed by atoms with E-state index in [1.54, 1.807) is 60.3 Å². The van der Waals surface area contributed by atoms with E-state index in [-0.39, 0.29) is 57.0 Å². The van der Waals surface area contributed by atoms with Crippen LogP contribution in [0.2, 0.25) is 5.02 Å². The molecule has 0 saturated carbocycles. The molecule has 1 amide bonds. The van der Waals surface area contributed by atoms with Crippen molar-refractivity contribution in [1.29, 1.82) is 0 Å². The van der Waals surface area contributed by atoms with E-state index < -0.39 is 37.0 Å². The fourth-order valence-corrected chi connectivity index (χ4v) is 9.98. The minimum atomic E-state index is -2.52. The van der Waals surface area contributed by atoms with Crippen LogP contribution in [0.4, 0.5) is 23.7 Å². The van der Waals surface area contributed by atoms with Crippen LogP contribution in [0.15, 0.2) is 97.1 Å². The Morgan fingerprint density at radius 1 is 0.623 bits per heavy atom. The SMILES string of the molecule is COc1ccccc1C1CCCN(C(F)C(COC(=O)Nc2ccc(Cl)cc2)(C(F)N2CCCC(c3ccccc3OC)C2)C(F)N2CCCC(c3ccccc3OC)C2)C1.